The third kappa shape index (κ3) is 4.01. The molecule has 0 aliphatic carbocycles. The molecule has 0 aromatic heterocycles. The number of hydrogen-bond donors (Lipinski definition) is 0. The summed E-state index contributed by atoms with van der Waals surface area (Å²) in [5.74, 6) is 0. The van der Waals surface area contributed by atoms with E-state index in [-0.39, 0.29) is 21.2 Å². The van der Waals surface area contributed by atoms with Gasteiger partial charge in [-0.25, -0.2) is 8.42 Å². The lowest BCUT2D eigenvalue weighted by Gasteiger charge is -2.08. The first-order valence-electron chi connectivity index (χ1n) is 5.94. The van der Waals surface area contributed by atoms with Gasteiger partial charge in [-0.05, 0) is 30.3 Å². The van der Waals surface area contributed by atoms with E-state index in [9.17, 15) is 13.2 Å². The fourth-order valence-corrected chi connectivity index (χ4v) is 4.63. The van der Waals surface area contributed by atoms with Gasteiger partial charge in [0.1, 0.15) is 0 Å². The summed E-state index contributed by atoms with van der Waals surface area (Å²) in [6.07, 6.45) is 0. The zero-order valence-electron chi connectivity index (χ0n) is 11.1. The van der Waals surface area contributed by atoms with Crippen LogP contribution in [0, 0.1) is 18.5 Å². The number of alkyl halides is 3. The van der Waals surface area contributed by atoms with E-state index in [2.05, 4.69) is 36.4 Å². The zero-order valence-corrected chi connectivity index (χ0v) is 14.1. The fraction of sp³-hybridized carbons (Fsp3) is 0.0714. The van der Waals surface area contributed by atoms with Gasteiger partial charge >= 0.3 is 26.7 Å². The van der Waals surface area contributed by atoms with Gasteiger partial charge in [-0.1, -0.05) is 12.1 Å². The van der Waals surface area contributed by atoms with Crippen molar-refractivity contribution in [2.75, 3.05) is 0 Å². The van der Waals surface area contributed by atoms with E-state index in [1.165, 1.54) is 18.3 Å². The van der Waals surface area contributed by atoms with Crippen molar-refractivity contribution in [1.29, 1.82) is 5.26 Å². The van der Waals surface area contributed by atoms with Crippen molar-refractivity contribution in [2.24, 2.45) is 0 Å². The first kappa shape index (κ1) is 17.7. The van der Waals surface area contributed by atoms with Crippen LogP contribution in [0.4, 0.5) is 13.2 Å². The lowest BCUT2D eigenvalue weighted by molar-refractivity contribution is -0.589. The van der Waals surface area contributed by atoms with E-state index in [1.54, 1.807) is 0 Å². The van der Waals surface area contributed by atoms with Crippen LogP contribution in [0.3, 0.4) is 0 Å². The maximum absolute atomic E-state index is 10.7. The highest BCUT2D eigenvalue weighted by molar-refractivity contribution is 7.86. The molecule has 1 aliphatic rings. The number of hydrogen-bond acceptors (Lipinski definition) is 4. The van der Waals surface area contributed by atoms with Gasteiger partial charge in [0, 0.05) is 11.1 Å². The predicted octanol–water partition coefficient (Wildman–Crippen LogP) is -0.282. The number of nitrogens with zero attached hydrogens (tertiary/aromatic N) is 1. The Bertz CT molecular complexity index is 889. The molecule has 9 heteroatoms. The van der Waals surface area contributed by atoms with Crippen molar-refractivity contribution in [3.05, 3.63) is 55.2 Å². The molecule has 0 radical (unpaired) electrons. The molecule has 2 aromatic carbocycles. The average Bonchev–Trinajstić information content (AvgIpc) is 2.83. The molecule has 1 heterocycles. The quantitative estimate of drug-likeness (QED) is 0.267. The van der Waals surface area contributed by atoms with Crippen LogP contribution in [0.2, 0.25) is 0 Å². The molecule has 0 amide bonds. The maximum atomic E-state index is 10.7. The first-order valence-corrected chi connectivity index (χ1v) is 9.50. The number of fused-ring (bicyclic) bond motifs is 3. The smallest absolute Gasteiger partial charge is 0.485 e. The topological polar surface area (TPSA) is 81.0 Å². The monoisotopic (exact) mass is 453 g/mol. The number of rotatable bonds is 0. The molecule has 1 aliphatic heterocycles. The minimum Gasteiger partial charge on any atom is -0.741 e. The molecule has 0 unspecified atom stereocenters. The van der Waals surface area contributed by atoms with Gasteiger partial charge in [0.15, 0.2) is 10.1 Å². The molecule has 0 saturated carbocycles. The highest BCUT2D eigenvalue weighted by atomic mass is 127. The molecule has 2 aromatic rings. The van der Waals surface area contributed by atoms with Crippen LogP contribution in [-0.4, -0.2) is 18.5 Å². The number of halogens is 4. The average molecular weight is 453 g/mol. The summed E-state index contributed by atoms with van der Waals surface area (Å²) < 4.78 is 61.8. The molecular formula is C14H7F3INO3S. The standard InChI is InChI=1S/C13H7IN.CHF3O3S/c15-8-9-5-6-13-11(7-9)10-3-1-2-4-12(10)14-13;2-1(3,4)8(5,6)7/h1-7H;(H,5,6,7)/q+1;/p-1. The molecule has 0 spiro atoms. The summed E-state index contributed by atoms with van der Waals surface area (Å²) in [5.41, 5.74) is -2.28. The summed E-state index contributed by atoms with van der Waals surface area (Å²) in [6, 6.07) is 16.8. The molecule has 0 atom stereocenters. The van der Waals surface area contributed by atoms with E-state index in [0.29, 0.717) is 0 Å². The minimum atomic E-state index is -6.09. The number of benzene rings is 2. The second-order valence-corrected chi connectivity index (χ2v) is 8.52. The second kappa shape index (κ2) is 6.46. The first-order chi connectivity index (χ1) is 10.6. The molecule has 23 heavy (non-hydrogen) atoms. The van der Waals surface area contributed by atoms with Crippen LogP contribution in [0.25, 0.3) is 11.1 Å². The maximum Gasteiger partial charge on any atom is 0.485 e. The van der Waals surface area contributed by atoms with E-state index >= 15 is 0 Å². The van der Waals surface area contributed by atoms with Gasteiger partial charge in [0.05, 0.1) is 11.6 Å². The molecule has 0 bridgehead atoms. The van der Waals surface area contributed by atoms with Gasteiger partial charge in [0.2, 0.25) is 7.14 Å². The van der Waals surface area contributed by atoms with E-state index in [0.717, 1.165) is 5.56 Å². The van der Waals surface area contributed by atoms with Gasteiger partial charge in [-0.15, -0.1) is 0 Å². The Balaban J connectivity index is 0.000000207. The molecule has 120 valence electrons. The highest BCUT2D eigenvalue weighted by Gasteiger charge is 2.37. The van der Waals surface area contributed by atoms with Crippen molar-refractivity contribution < 1.29 is 47.3 Å². The largest absolute Gasteiger partial charge is 0.741 e. The Kier molecular flexibility index (Phi) is 4.98. The van der Waals surface area contributed by atoms with Crippen LogP contribution in [0.1, 0.15) is 5.56 Å². The Hall–Kier alpha value is -1.64. The summed E-state index contributed by atoms with van der Waals surface area (Å²) in [7, 11) is -6.09. The summed E-state index contributed by atoms with van der Waals surface area (Å²) in [5, 5.41) is 8.88. The van der Waals surface area contributed by atoms with Gasteiger partial charge < -0.3 is 4.55 Å². The Morgan fingerprint density at radius 3 is 2.17 bits per heavy atom. The molecule has 0 N–H and O–H groups in total. The zero-order chi connectivity index (χ0) is 17.3. The van der Waals surface area contributed by atoms with Crippen molar-refractivity contribution >= 4 is 10.1 Å². The van der Waals surface area contributed by atoms with Crippen molar-refractivity contribution in [3.63, 3.8) is 0 Å². The normalized spacial score (nSPS) is 12.5. The van der Waals surface area contributed by atoms with Crippen molar-refractivity contribution in [1.82, 2.24) is 0 Å². The van der Waals surface area contributed by atoms with Gasteiger partial charge in [-0.3, -0.25) is 0 Å². The van der Waals surface area contributed by atoms with E-state index < -0.39 is 15.6 Å². The molecule has 0 fully saturated rings. The third-order valence-corrected chi connectivity index (χ3v) is 6.36. The Labute approximate surface area is 140 Å². The van der Waals surface area contributed by atoms with Crippen LogP contribution in [-0.2, 0) is 10.1 Å². The van der Waals surface area contributed by atoms with Crippen LogP contribution >= 0.6 is 0 Å². The predicted molar refractivity (Wildman–Crippen MR) is 69.7 cm³/mol. The van der Waals surface area contributed by atoms with Crippen LogP contribution in [0.5, 0.6) is 0 Å². The molecule has 0 saturated heterocycles. The lowest BCUT2D eigenvalue weighted by Crippen LogP contribution is -3.61. The molecular weight excluding hydrogens is 446 g/mol. The van der Waals surface area contributed by atoms with Crippen molar-refractivity contribution in [3.8, 4) is 17.2 Å². The SMILES string of the molecule is N#Cc1ccc2c(c1)-c1ccccc1[I+]2.O=S(=O)([O-])C(F)(F)F. The van der Waals surface area contributed by atoms with Crippen molar-refractivity contribution in [2.45, 2.75) is 5.51 Å². The lowest BCUT2D eigenvalue weighted by atomic mass is 10.0. The van der Waals surface area contributed by atoms with Crippen LogP contribution in [0.15, 0.2) is 42.5 Å². The molecule has 3 rings (SSSR count). The van der Waals surface area contributed by atoms with Gasteiger partial charge in [0.25, 0.3) is 0 Å². The second-order valence-electron chi connectivity index (χ2n) is 4.28. The van der Waals surface area contributed by atoms with E-state index in [4.69, 9.17) is 18.2 Å². The summed E-state index contributed by atoms with van der Waals surface area (Å²) in [6.45, 7) is 0. The summed E-state index contributed by atoms with van der Waals surface area (Å²) >= 11 is -0.0247. The minimum absolute atomic E-state index is 0.0247. The fourth-order valence-electron chi connectivity index (χ4n) is 1.76. The van der Waals surface area contributed by atoms with Crippen LogP contribution < -0.4 is 21.2 Å². The third-order valence-electron chi connectivity index (χ3n) is 2.75. The Morgan fingerprint density at radius 2 is 1.61 bits per heavy atom. The van der Waals surface area contributed by atoms with Gasteiger partial charge in [-0.2, -0.15) is 18.4 Å². The molecule has 4 nitrogen and oxygen atoms in total. The Morgan fingerprint density at radius 1 is 1.04 bits per heavy atom. The number of nitriles is 1. The highest BCUT2D eigenvalue weighted by Crippen LogP contribution is 2.23. The van der Waals surface area contributed by atoms with E-state index in [1.807, 2.05) is 12.1 Å². The summed E-state index contributed by atoms with van der Waals surface area (Å²) in [4.78, 5) is 0.